The molecule has 0 bridgehead atoms. The number of para-hydroxylation sites is 1. The fraction of sp³-hybridized carbons (Fsp3) is 0.250. The minimum Gasteiger partial charge on any atom is -0.496 e. The van der Waals surface area contributed by atoms with E-state index in [0.717, 1.165) is 29.2 Å². The Morgan fingerprint density at radius 2 is 1.80 bits per heavy atom. The summed E-state index contributed by atoms with van der Waals surface area (Å²) >= 11 is 5.89. The maximum atomic E-state index is 5.89. The van der Waals surface area contributed by atoms with Crippen molar-refractivity contribution in [2.24, 2.45) is 5.84 Å². The summed E-state index contributed by atoms with van der Waals surface area (Å²) in [5.41, 5.74) is 5.22. The average Bonchev–Trinajstić information content (AvgIpc) is 2.49. The molecule has 0 heterocycles. The molecule has 2 rings (SSSR count). The molecule has 0 aromatic heterocycles. The van der Waals surface area contributed by atoms with Crippen molar-refractivity contribution >= 4 is 11.6 Å². The molecule has 0 spiro atoms. The van der Waals surface area contributed by atoms with Gasteiger partial charge in [0.25, 0.3) is 0 Å². The first-order valence-electron chi connectivity index (χ1n) is 6.55. The zero-order chi connectivity index (χ0) is 14.4. The lowest BCUT2D eigenvalue weighted by Crippen LogP contribution is -2.38. The van der Waals surface area contributed by atoms with Crippen molar-refractivity contribution in [2.45, 2.75) is 18.9 Å². The van der Waals surface area contributed by atoms with E-state index in [1.54, 1.807) is 7.11 Å². The lowest BCUT2D eigenvalue weighted by molar-refractivity contribution is 0.404. The third-order valence-corrected chi connectivity index (χ3v) is 3.54. The third-order valence-electron chi connectivity index (χ3n) is 3.29. The van der Waals surface area contributed by atoms with Crippen LogP contribution in [-0.2, 0) is 12.8 Å². The van der Waals surface area contributed by atoms with E-state index in [1.807, 2.05) is 42.5 Å². The molecule has 0 aliphatic rings. The maximum absolute atomic E-state index is 5.89. The lowest BCUT2D eigenvalue weighted by Gasteiger charge is -2.17. The maximum Gasteiger partial charge on any atom is 0.122 e. The van der Waals surface area contributed by atoms with Gasteiger partial charge in [0, 0.05) is 11.1 Å². The molecule has 0 amide bonds. The zero-order valence-electron chi connectivity index (χ0n) is 11.5. The van der Waals surface area contributed by atoms with Gasteiger partial charge in [0.2, 0.25) is 0 Å². The fourth-order valence-electron chi connectivity index (χ4n) is 2.23. The van der Waals surface area contributed by atoms with E-state index in [1.165, 1.54) is 5.56 Å². The van der Waals surface area contributed by atoms with E-state index in [4.69, 9.17) is 22.2 Å². The summed E-state index contributed by atoms with van der Waals surface area (Å²) < 4.78 is 5.37. The van der Waals surface area contributed by atoms with Gasteiger partial charge in [0.1, 0.15) is 5.75 Å². The van der Waals surface area contributed by atoms with Gasteiger partial charge in [-0.25, -0.2) is 0 Å². The molecule has 2 aromatic rings. The highest BCUT2D eigenvalue weighted by molar-refractivity contribution is 6.30. The predicted molar refractivity (Wildman–Crippen MR) is 83.0 cm³/mol. The smallest absolute Gasteiger partial charge is 0.122 e. The molecule has 1 unspecified atom stereocenters. The Balaban J connectivity index is 2.07. The molecule has 0 saturated heterocycles. The second kappa shape index (κ2) is 7.29. The van der Waals surface area contributed by atoms with Crippen LogP contribution >= 0.6 is 11.6 Å². The fourth-order valence-corrected chi connectivity index (χ4v) is 2.36. The Hall–Kier alpha value is -1.55. The first-order valence-corrected chi connectivity index (χ1v) is 6.93. The van der Waals surface area contributed by atoms with Crippen LogP contribution in [0.2, 0.25) is 5.02 Å². The van der Waals surface area contributed by atoms with E-state index in [9.17, 15) is 0 Å². The lowest BCUT2D eigenvalue weighted by atomic mass is 9.99. The van der Waals surface area contributed by atoms with Crippen LogP contribution < -0.4 is 16.0 Å². The SMILES string of the molecule is COc1ccccc1CC(Cc1ccc(Cl)cc1)NN. The molecule has 106 valence electrons. The van der Waals surface area contributed by atoms with Gasteiger partial charge < -0.3 is 4.74 Å². The minimum absolute atomic E-state index is 0.146. The van der Waals surface area contributed by atoms with Crippen molar-refractivity contribution in [1.29, 1.82) is 0 Å². The van der Waals surface area contributed by atoms with Gasteiger partial charge in [-0.2, -0.15) is 0 Å². The highest BCUT2D eigenvalue weighted by atomic mass is 35.5. The molecule has 1 atom stereocenters. The van der Waals surface area contributed by atoms with Crippen LogP contribution in [0.25, 0.3) is 0 Å². The third kappa shape index (κ3) is 3.97. The van der Waals surface area contributed by atoms with Crippen molar-refractivity contribution in [3.63, 3.8) is 0 Å². The van der Waals surface area contributed by atoms with Crippen LogP contribution in [-0.4, -0.2) is 13.2 Å². The molecule has 20 heavy (non-hydrogen) atoms. The number of hydrogen-bond acceptors (Lipinski definition) is 3. The largest absolute Gasteiger partial charge is 0.496 e. The number of nitrogens with one attached hydrogen (secondary N) is 1. The summed E-state index contributed by atoms with van der Waals surface area (Å²) in [6.07, 6.45) is 1.65. The zero-order valence-corrected chi connectivity index (χ0v) is 12.2. The number of rotatable bonds is 6. The van der Waals surface area contributed by atoms with Gasteiger partial charge in [-0.1, -0.05) is 41.9 Å². The highest BCUT2D eigenvalue weighted by Crippen LogP contribution is 2.20. The number of hydrogen-bond donors (Lipinski definition) is 2. The van der Waals surface area contributed by atoms with Crippen molar-refractivity contribution in [1.82, 2.24) is 5.43 Å². The van der Waals surface area contributed by atoms with Crippen LogP contribution in [0.1, 0.15) is 11.1 Å². The predicted octanol–water partition coefficient (Wildman–Crippen LogP) is 2.97. The number of ether oxygens (including phenoxy) is 1. The number of methoxy groups -OCH3 is 1. The number of nitrogens with two attached hydrogens (primary N) is 1. The molecular formula is C16H19ClN2O. The first-order chi connectivity index (χ1) is 9.72. The van der Waals surface area contributed by atoms with Crippen LogP contribution in [0.4, 0.5) is 0 Å². The molecule has 0 aliphatic heterocycles. The normalized spacial score (nSPS) is 12.2. The van der Waals surface area contributed by atoms with Crippen LogP contribution in [0.5, 0.6) is 5.75 Å². The van der Waals surface area contributed by atoms with E-state index in [-0.39, 0.29) is 6.04 Å². The minimum atomic E-state index is 0.146. The summed E-state index contributed by atoms with van der Waals surface area (Å²) in [6.45, 7) is 0. The summed E-state index contributed by atoms with van der Waals surface area (Å²) in [4.78, 5) is 0. The van der Waals surface area contributed by atoms with Crippen molar-refractivity contribution in [2.75, 3.05) is 7.11 Å². The van der Waals surface area contributed by atoms with E-state index < -0.39 is 0 Å². The number of halogens is 1. The van der Waals surface area contributed by atoms with Gasteiger partial charge in [-0.05, 0) is 42.2 Å². The van der Waals surface area contributed by atoms with E-state index in [0.29, 0.717) is 0 Å². The van der Waals surface area contributed by atoms with E-state index >= 15 is 0 Å². The molecule has 4 heteroatoms. The molecule has 0 aliphatic carbocycles. The number of benzene rings is 2. The highest BCUT2D eigenvalue weighted by Gasteiger charge is 2.11. The van der Waals surface area contributed by atoms with Gasteiger partial charge in [0.15, 0.2) is 0 Å². The Kier molecular flexibility index (Phi) is 5.41. The van der Waals surface area contributed by atoms with Crippen LogP contribution in [0.3, 0.4) is 0 Å². The molecule has 0 fully saturated rings. The van der Waals surface area contributed by atoms with Crippen molar-refractivity contribution in [3.05, 3.63) is 64.7 Å². The van der Waals surface area contributed by atoms with Gasteiger partial charge in [0.05, 0.1) is 7.11 Å². The van der Waals surface area contributed by atoms with E-state index in [2.05, 4.69) is 11.5 Å². The number of hydrazine groups is 1. The summed E-state index contributed by atoms with van der Waals surface area (Å²) in [5, 5.41) is 0.746. The Morgan fingerprint density at radius 3 is 2.45 bits per heavy atom. The molecular weight excluding hydrogens is 272 g/mol. The monoisotopic (exact) mass is 290 g/mol. The quantitative estimate of drug-likeness (QED) is 0.635. The molecule has 3 N–H and O–H groups in total. The van der Waals surface area contributed by atoms with Gasteiger partial charge >= 0.3 is 0 Å². The Morgan fingerprint density at radius 1 is 1.10 bits per heavy atom. The van der Waals surface area contributed by atoms with Gasteiger partial charge in [-0.3, -0.25) is 11.3 Å². The first kappa shape index (κ1) is 14.9. The van der Waals surface area contributed by atoms with Crippen molar-refractivity contribution in [3.8, 4) is 5.75 Å². The second-order valence-electron chi connectivity index (χ2n) is 4.71. The topological polar surface area (TPSA) is 47.3 Å². The Bertz CT molecular complexity index is 542. The van der Waals surface area contributed by atoms with Crippen LogP contribution in [0.15, 0.2) is 48.5 Å². The van der Waals surface area contributed by atoms with Gasteiger partial charge in [-0.15, -0.1) is 0 Å². The standard InChI is InChI=1S/C16H19ClN2O/c1-20-16-5-3-2-4-13(16)11-15(19-18)10-12-6-8-14(17)9-7-12/h2-9,15,19H,10-11,18H2,1H3. The Labute approximate surface area is 124 Å². The van der Waals surface area contributed by atoms with Crippen LogP contribution in [0, 0.1) is 0 Å². The molecule has 0 radical (unpaired) electrons. The molecule has 3 nitrogen and oxygen atoms in total. The average molecular weight is 291 g/mol. The summed E-state index contributed by atoms with van der Waals surface area (Å²) in [7, 11) is 1.68. The summed E-state index contributed by atoms with van der Waals surface area (Å²) in [5.74, 6) is 6.57. The van der Waals surface area contributed by atoms with Crippen molar-refractivity contribution < 1.29 is 4.74 Å². The second-order valence-corrected chi connectivity index (χ2v) is 5.15. The summed E-state index contributed by atoms with van der Waals surface area (Å²) in [6, 6.07) is 16.0. The molecule has 0 saturated carbocycles. The molecule has 2 aromatic carbocycles.